The maximum atomic E-state index is 11.5. The third kappa shape index (κ3) is 2.44. The molecule has 0 fully saturated rings. The van der Waals surface area contributed by atoms with Crippen LogP contribution in [0.3, 0.4) is 0 Å². The van der Waals surface area contributed by atoms with Crippen molar-refractivity contribution >= 4 is 20.9 Å². The maximum Gasteiger partial charge on any atom is 0.175 e. The predicted octanol–water partition coefficient (Wildman–Crippen LogP) is 2.49. The van der Waals surface area contributed by atoms with Crippen LogP contribution in [-0.4, -0.2) is 24.2 Å². The minimum absolute atomic E-state index is 0.301. The SMILES string of the molecule is CS(=O)(=O)c1ccc2c(c1)ncn2Cc1ccccc1. The van der Waals surface area contributed by atoms with Gasteiger partial charge >= 0.3 is 0 Å². The molecule has 3 aromatic rings. The van der Waals surface area contributed by atoms with Crippen molar-refractivity contribution in [2.75, 3.05) is 6.26 Å². The number of imidazole rings is 1. The maximum absolute atomic E-state index is 11.5. The molecule has 3 rings (SSSR count). The highest BCUT2D eigenvalue weighted by Gasteiger charge is 2.10. The standard InChI is InChI=1S/C15H14N2O2S/c1-20(18,19)13-7-8-15-14(9-13)16-11-17(15)10-12-5-3-2-4-6-12/h2-9,11H,10H2,1H3. The molecule has 0 spiro atoms. The van der Waals surface area contributed by atoms with Gasteiger partial charge < -0.3 is 4.57 Å². The lowest BCUT2D eigenvalue weighted by molar-refractivity contribution is 0.602. The monoisotopic (exact) mass is 286 g/mol. The van der Waals surface area contributed by atoms with Gasteiger partial charge in [-0.1, -0.05) is 30.3 Å². The van der Waals surface area contributed by atoms with Gasteiger partial charge in [-0.2, -0.15) is 0 Å². The first-order chi connectivity index (χ1) is 9.54. The van der Waals surface area contributed by atoms with E-state index >= 15 is 0 Å². The second kappa shape index (κ2) is 4.76. The highest BCUT2D eigenvalue weighted by Crippen LogP contribution is 2.19. The Bertz CT molecular complexity index is 852. The first-order valence-electron chi connectivity index (χ1n) is 6.23. The Morgan fingerprint density at radius 3 is 2.55 bits per heavy atom. The zero-order chi connectivity index (χ0) is 14.2. The zero-order valence-corrected chi connectivity index (χ0v) is 11.8. The van der Waals surface area contributed by atoms with E-state index < -0.39 is 9.84 Å². The Balaban J connectivity index is 2.02. The first-order valence-corrected chi connectivity index (χ1v) is 8.12. The number of hydrogen-bond acceptors (Lipinski definition) is 3. The van der Waals surface area contributed by atoms with Crippen molar-refractivity contribution in [2.45, 2.75) is 11.4 Å². The van der Waals surface area contributed by atoms with Crippen LogP contribution in [0.4, 0.5) is 0 Å². The Morgan fingerprint density at radius 2 is 1.85 bits per heavy atom. The van der Waals surface area contributed by atoms with Gasteiger partial charge in [0.1, 0.15) is 0 Å². The summed E-state index contributed by atoms with van der Waals surface area (Å²) in [5.74, 6) is 0. The average Bonchev–Trinajstić information content (AvgIpc) is 2.81. The van der Waals surface area contributed by atoms with Gasteiger partial charge in [-0.15, -0.1) is 0 Å². The lowest BCUT2D eigenvalue weighted by Gasteiger charge is -2.05. The molecule has 0 aliphatic heterocycles. The molecule has 0 radical (unpaired) electrons. The van der Waals surface area contributed by atoms with Gasteiger partial charge in [0, 0.05) is 12.8 Å². The van der Waals surface area contributed by atoms with Crippen LogP contribution in [0, 0.1) is 0 Å². The van der Waals surface area contributed by atoms with Crippen LogP contribution in [0.15, 0.2) is 59.8 Å². The number of nitrogens with zero attached hydrogens (tertiary/aromatic N) is 2. The largest absolute Gasteiger partial charge is 0.326 e. The number of benzene rings is 2. The van der Waals surface area contributed by atoms with Crippen molar-refractivity contribution in [3.63, 3.8) is 0 Å². The van der Waals surface area contributed by atoms with Crippen LogP contribution < -0.4 is 0 Å². The number of sulfone groups is 1. The van der Waals surface area contributed by atoms with Crippen LogP contribution >= 0.6 is 0 Å². The van der Waals surface area contributed by atoms with Crippen LogP contribution in [0.5, 0.6) is 0 Å². The molecule has 1 aromatic heterocycles. The summed E-state index contributed by atoms with van der Waals surface area (Å²) in [6, 6.07) is 15.1. The summed E-state index contributed by atoms with van der Waals surface area (Å²) in [6.07, 6.45) is 2.94. The molecule has 0 aliphatic rings. The smallest absolute Gasteiger partial charge is 0.175 e. The van der Waals surface area contributed by atoms with Gasteiger partial charge in [-0.3, -0.25) is 0 Å². The van der Waals surface area contributed by atoms with Crippen molar-refractivity contribution in [2.24, 2.45) is 0 Å². The van der Waals surface area contributed by atoms with Crippen molar-refractivity contribution in [3.8, 4) is 0 Å². The summed E-state index contributed by atoms with van der Waals surface area (Å²) in [5.41, 5.74) is 2.81. The Kier molecular flexibility index (Phi) is 3.06. The van der Waals surface area contributed by atoms with Crippen molar-refractivity contribution in [1.29, 1.82) is 0 Å². The fourth-order valence-electron chi connectivity index (χ4n) is 2.18. The minimum atomic E-state index is -3.19. The Morgan fingerprint density at radius 1 is 1.10 bits per heavy atom. The number of fused-ring (bicyclic) bond motifs is 1. The summed E-state index contributed by atoms with van der Waals surface area (Å²) in [5, 5.41) is 0. The molecular formula is C15H14N2O2S. The number of aromatic nitrogens is 2. The molecule has 0 saturated heterocycles. The molecular weight excluding hydrogens is 272 g/mol. The van der Waals surface area contributed by atoms with Crippen LogP contribution in [0.25, 0.3) is 11.0 Å². The molecule has 0 N–H and O–H groups in total. The quantitative estimate of drug-likeness (QED) is 0.743. The average molecular weight is 286 g/mol. The topological polar surface area (TPSA) is 52.0 Å². The molecule has 0 aliphatic carbocycles. The normalized spacial score (nSPS) is 11.8. The molecule has 102 valence electrons. The highest BCUT2D eigenvalue weighted by molar-refractivity contribution is 7.90. The lowest BCUT2D eigenvalue weighted by Crippen LogP contribution is -1.99. The molecule has 0 amide bonds. The van der Waals surface area contributed by atoms with E-state index in [1.54, 1.807) is 18.5 Å². The second-order valence-corrected chi connectivity index (χ2v) is 6.80. The molecule has 0 saturated carbocycles. The molecule has 0 atom stereocenters. The lowest BCUT2D eigenvalue weighted by atomic mass is 10.2. The van der Waals surface area contributed by atoms with Crippen molar-refractivity contribution in [3.05, 3.63) is 60.4 Å². The van der Waals surface area contributed by atoms with E-state index in [0.717, 1.165) is 12.1 Å². The summed E-state index contributed by atoms with van der Waals surface area (Å²) in [4.78, 5) is 4.59. The van der Waals surface area contributed by atoms with Gasteiger partial charge in [-0.25, -0.2) is 13.4 Å². The van der Waals surface area contributed by atoms with Gasteiger partial charge in [0.05, 0.1) is 22.3 Å². The third-order valence-electron chi connectivity index (χ3n) is 3.22. The fraction of sp³-hybridized carbons (Fsp3) is 0.133. The summed E-state index contributed by atoms with van der Waals surface area (Å²) in [6.45, 7) is 0.718. The van der Waals surface area contributed by atoms with Crippen molar-refractivity contribution in [1.82, 2.24) is 9.55 Å². The molecule has 20 heavy (non-hydrogen) atoms. The van der Waals surface area contributed by atoms with E-state index in [0.29, 0.717) is 10.4 Å². The van der Waals surface area contributed by atoms with Gasteiger partial charge in [0.25, 0.3) is 0 Å². The second-order valence-electron chi connectivity index (χ2n) is 4.78. The Labute approximate surface area is 117 Å². The Hall–Kier alpha value is -2.14. The van der Waals surface area contributed by atoms with Gasteiger partial charge in [-0.05, 0) is 23.8 Å². The molecule has 1 heterocycles. The summed E-state index contributed by atoms with van der Waals surface area (Å²) >= 11 is 0. The minimum Gasteiger partial charge on any atom is -0.326 e. The third-order valence-corrected chi connectivity index (χ3v) is 4.33. The molecule has 2 aromatic carbocycles. The zero-order valence-electron chi connectivity index (χ0n) is 11.0. The number of rotatable bonds is 3. The molecule has 4 nitrogen and oxygen atoms in total. The van der Waals surface area contributed by atoms with Crippen molar-refractivity contribution < 1.29 is 8.42 Å². The van der Waals surface area contributed by atoms with Gasteiger partial charge in [0.15, 0.2) is 9.84 Å². The van der Waals surface area contributed by atoms with Crippen LogP contribution in [-0.2, 0) is 16.4 Å². The summed E-state index contributed by atoms with van der Waals surface area (Å²) < 4.78 is 25.1. The fourth-order valence-corrected chi connectivity index (χ4v) is 2.82. The van der Waals surface area contributed by atoms with E-state index in [1.807, 2.05) is 28.8 Å². The van der Waals surface area contributed by atoms with E-state index in [-0.39, 0.29) is 0 Å². The highest BCUT2D eigenvalue weighted by atomic mass is 32.2. The molecule has 0 bridgehead atoms. The first kappa shape index (κ1) is 12.9. The van der Waals surface area contributed by atoms with E-state index in [9.17, 15) is 8.42 Å². The predicted molar refractivity (Wildman–Crippen MR) is 78.4 cm³/mol. The van der Waals surface area contributed by atoms with E-state index in [4.69, 9.17) is 0 Å². The van der Waals surface area contributed by atoms with E-state index in [2.05, 4.69) is 17.1 Å². The van der Waals surface area contributed by atoms with E-state index in [1.165, 1.54) is 11.8 Å². The molecule has 5 heteroatoms. The summed E-state index contributed by atoms with van der Waals surface area (Å²) in [7, 11) is -3.19. The van der Waals surface area contributed by atoms with Gasteiger partial charge in [0.2, 0.25) is 0 Å². The van der Waals surface area contributed by atoms with Crippen LogP contribution in [0.1, 0.15) is 5.56 Å². The molecule has 0 unspecified atom stereocenters. The van der Waals surface area contributed by atoms with Crippen LogP contribution in [0.2, 0.25) is 0 Å². The number of hydrogen-bond donors (Lipinski definition) is 0.